The Morgan fingerprint density at radius 1 is 1.07 bits per heavy atom. The van der Waals surface area contributed by atoms with Gasteiger partial charge in [-0.1, -0.05) is 24.3 Å². The van der Waals surface area contributed by atoms with E-state index in [0.29, 0.717) is 6.54 Å². The van der Waals surface area contributed by atoms with Crippen LogP contribution in [0.2, 0.25) is 0 Å². The molecule has 2 aliphatic rings. The van der Waals surface area contributed by atoms with Gasteiger partial charge in [0.05, 0.1) is 12.5 Å². The third-order valence-corrected chi connectivity index (χ3v) is 6.19. The smallest absolute Gasteiger partial charge is 0.224 e. The van der Waals surface area contributed by atoms with Gasteiger partial charge in [-0.15, -0.1) is 0 Å². The summed E-state index contributed by atoms with van der Waals surface area (Å²) in [4.78, 5) is 17.3. The van der Waals surface area contributed by atoms with Gasteiger partial charge in [-0.2, -0.15) is 0 Å². The van der Waals surface area contributed by atoms with Crippen molar-refractivity contribution in [2.45, 2.75) is 38.1 Å². The van der Waals surface area contributed by atoms with Gasteiger partial charge in [0, 0.05) is 25.8 Å². The molecule has 2 heterocycles. The van der Waals surface area contributed by atoms with E-state index < -0.39 is 0 Å². The summed E-state index contributed by atoms with van der Waals surface area (Å²) in [5.41, 5.74) is 4.88. The first-order valence-corrected chi connectivity index (χ1v) is 10.7. The second-order valence-corrected chi connectivity index (χ2v) is 8.28. The average molecular weight is 396 g/mol. The molecule has 5 heteroatoms. The van der Waals surface area contributed by atoms with Crippen LogP contribution in [-0.2, 0) is 17.6 Å². The second kappa shape index (κ2) is 8.95. The van der Waals surface area contributed by atoms with Crippen molar-refractivity contribution in [3.8, 4) is 0 Å². The molecule has 2 aliphatic heterocycles. The van der Waals surface area contributed by atoms with Crippen molar-refractivity contribution in [2.24, 2.45) is 0 Å². The first-order valence-electron chi connectivity index (χ1n) is 10.7. The fourth-order valence-electron chi connectivity index (χ4n) is 4.58. The summed E-state index contributed by atoms with van der Waals surface area (Å²) in [6.45, 7) is 3.88. The third-order valence-electron chi connectivity index (χ3n) is 6.19. The molecule has 4 rings (SSSR count). The highest BCUT2D eigenvalue weighted by atomic mass is 19.1. The standard InChI is InChI=1S/C24H30FN3O/c1-27-12-4-5-19-16-20(8-11-22(19)27)23(28-13-2-3-14-28)17-26-24(29)15-18-6-9-21(25)10-7-18/h6-11,16,23H,2-5,12-15,17H2,1H3,(H,26,29)/t23-/m1/s1. The Hall–Kier alpha value is -2.40. The molecule has 1 fully saturated rings. The fraction of sp³-hybridized carbons (Fsp3) is 0.458. The number of nitrogens with zero attached hydrogens (tertiary/aromatic N) is 2. The zero-order chi connectivity index (χ0) is 20.2. The number of carbonyl (C=O) groups is 1. The fourth-order valence-corrected chi connectivity index (χ4v) is 4.58. The molecule has 4 nitrogen and oxygen atoms in total. The maximum absolute atomic E-state index is 13.1. The van der Waals surface area contributed by atoms with Gasteiger partial charge in [-0.25, -0.2) is 4.39 Å². The molecule has 0 saturated carbocycles. The van der Waals surface area contributed by atoms with Crippen LogP contribution in [0.15, 0.2) is 42.5 Å². The molecule has 0 radical (unpaired) electrons. The number of hydrogen-bond donors (Lipinski definition) is 1. The number of amides is 1. The highest BCUT2D eigenvalue weighted by Gasteiger charge is 2.25. The first kappa shape index (κ1) is 19.9. The van der Waals surface area contributed by atoms with Gasteiger partial charge >= 0.3 is 0 Å². The van der Waals surface area contributed by atoms with E-state index >= 15 is 0 Å². The van der Waals surface area contributed by atoms with Crippen molar-refractivity contribution in [1.82, 2.24) is 10.2 Å². The van der Waals surface area contributed by atoms with Crippen molar-refractivity contribution in [3.05, 3.63) is 65.0 Å². The van der Waals surface area contributed by atoms with Crippen molar-refractivity contribution in [3.63, 3.8) is 0 Å². The van der Waals surface area contributed by atoms with E-state index in [2.05, 4.69) is 40.4 Å². The maximum atomic E-state index is 13.1. The molecule has 1 N–H and O–H groups in total. The van der Waals surface area contributed by atoms with Crippen molar-refractivity contribution in [2.75, 3.05) is 38.1 Å². The molecule has 0 aliphatic carbocycles. The molecule has 29 heavy (non-hydrogen) atoms. The lowest BCUT2D eigenvalue weighted by Crippen LogP contribution is -2.37. The summed E-state index contributed by atoms with van der Waals surface area (Å²) in [5, 5.41) is 3.13. The predicted molar refractivity (Wildman–Crippen MR) is 115 cm³/mol. The van der Waals surface area contributed by atoms with Crippen LogP contribution in [-0.4, -0.2) is 44.0 Å². The van der Waals surface area contributed by atoms with Gasteiger partial charge in [0.2, 0.25) is 5.91 Å². The van der Waals surface area contributed by atoms with Gasteiger partial charge < -0.3 is 10.2 Å². The van der Waals surface area contributed by atoms with E-state index in [1.165, 1.54) is 48.2 Å². The van der Waals surface area contributed by atoms with Crippen LogP contribution in [0.1, 0.15) is 42.0 Å². The minimum atomic E-state index is -0.277. The zero-order valence-corrected chi connectivity index (χ0v) is 17.2. The van der Waals surface area contributed by atoms with Crippen LogP contribution in [0.3, 0.4) is 0 Å². The molecule has 2 aromatic rings. The second-order valence-electron chi connectivity index (χ2n) is 8.28. The van der Waals surface area contributed by atoms with E-state index in [1.807, 2.05) is 0 Å². The summed E-state index contributed by atoms with van der Waals surface area (Å²) < 4.78 is 13.1. The van der Waals surface area contributed by atoms with E-state index in [9.17, 15) is 9.18 Å². The number of benzene rings is 2. The van der Waals surface area contributed by atoms with Gasteiger partial charge in [0.25, 0.3) is 0 Å². The molecule has 0 aromatic heterocycles. The number of nitrogens with one attached hydrogen (secondary N) is 1. The lowest BCUT2D eigenvalue weighted by Gasteiger charge is -2.32. The highest BCUT2D eigenvalue weighted by molar-refractivity contribution is 5.78. The number of anilines is 1. The van der Waals surface area contributed by atoms with Crippen LogP contribution < -0.4 is 10.2 Å². The number of rotatable bonds is 6. The average Bonchev–Trinajstić information content (AvgIpc) is 3.24. The largest absolute Gasteiger partial charge is 0.374 e. The number of likely N-dealkylation sites (tertiary alicyclic amines) is 1. The van der Waals surface area contributed by atoms with Crippen molar-refractivity contribution >= 4 is 11.6 Å². The number of hydrogen-bond acceptors (Lipinski definition) is 3. The molecule has 1 amide bonds. The quantitative estimate of drug-likeness (QED) is 0.810. The monoisotopic (exact) mass is 395 g/mol. The summed E-state index contributed by atoms with van der Waals surface area (Å²) in [5.74, 6) is -0.292. The molecule has 154 valence electrons. The van der Waals surface area contributed by atoms with E-state index in [0.717, 1.165) is 31.6 Å². The minimum Gasteiger partial charge on any atom is -0.374 e. The van der Waals surface area contributed by atoms with Crippen LogP contribution in [0.5, 0.6) is 0 Å². The Morgan fingerprint density at radius 2 is 1.83 bits per heavy atom. The molecular formula is C24H30FN3O. The molecule has 0 unspecified atom stereocenters. The summed E-state index contributed by atoms with van der Waals surface area (Å²) in [6.07, 6.45) is 5.02. The number of fused-ring (bicyclic) bond motifs is 1. The molecular weight excluding hydrogens is 365 g/mol. The van der Waals surface area contributed by atoms with Crippen molar-refractivity contribution < 1.29 is 9.18 Å². The van der Waals surface area contributed by atoms with Crippen LogP contribution in [0, 0.1) is 5.82 Å². The van der Waals surface area contributed by atoms with Gasteiger partial charge in [0.15, 0.2) is 0 Å². The molecule has 0 spiro atoms. The van der Waals surface area contributed by atoms with Gasteiger partial charge in [-0.05, 0) is 73.7 Å². The molecule has 0 bridgehead atoms. The Bertz CT molecular complexity index is 846. The molecule has 1 atom stereocenters. The van der Waals surface area contributed by atoms with E-state index in [-0.39, 0.29) is 24.2 Å². The predicted octanol–water partition coefficient (Wildman–Crippen LogP) is 3.70. The van der Waals surface area contributed by atoms with E-state index in [1.54, 1.807) is 12.1 Å². The van der Waals surface area contributed by atoms with Gasteiger partial charge in [-0.3, -0.25) is 9.69 Å². The topological polar surface area (TPSA) is 35.6 Å². The SMILES string of the molecule is CN1CCCc2cc([C@@H](CNC(=O)Cc3ccc(F)cc3)N3CCCC3)ccc21. The number of carbonyl (C=O) groups excluding carboxylic acids is 1. The Kier molecular flexibility index (Phi) is 6.14. The van der Waals surface area contributed by atoms with Crippen molar-refractivity contribution in [1.29, 1.82) is 0 Å². The van der Waals surface area contributed by atoms with Crippen LogP contribution in [0.25, 0.3) is 0 Å². The summed E-state index contributed by atoms with van der Waals surface area (Å²) in [7, 11) is 2.16. The molecule has 1 saturated heterocycles. The normalized spacial score (nSPS) is 17.8. The Morgan fingerprint density at radius 3 is 2.59 bits per heavy atom. The van der Waals surface area contributed by atoms with Gasteiger partial charge in [0.1, 0.15) is 5.82 Å². The summed E-state index contributed by atoms with van der Waals surface area (Å²) >= 11 is 0. The third kappa shape index (κ3) is 4.78. The Labute approximate surface area is 172 Å². The minimum absolute atomic E-state index is 0.0153. The van der Waals surface area contributed by atoms with Crippen LogP contribution in [0.4, 0.5) is 10.1 Å². The Balaban J connectivity index is 1.46. The highest BCUT2D eigenvalue weighted by Crippen LogP contribution is 2.31. The molecule has 2 aromatic carbocycles. The number of halogens is 1. The lowest BCUT2D eigenvalue weighted by molar-refractivity contribution is -0.120. The summed E-state index contributed by atoms with van der Waals surface area (Å²) in [6, 6.07) is 13.2. The lowest BCUT2D eigenvalue weighted by atomic mass is 9.96. The van der Waals surface area contributed by atoms with Crippen LogP contribution >= 0.6 is 0 Å². The first-order chi connectivity index (χ1) is 14.1. The number of aryl methyl sites for hydroxylation is 1. The maximum Gasteiger partial charge on any atom is 0.224 e. The van der Waals surface area contributed by atoms with E-state index in [4.69, 9.17) is 0 Å². The zero-order valence-electron chi connectivity index (χ0n) is 17.2.